The van der Waals surface area contributed by atoms with Crippen molar-refractivity contribution in [3.63, 3.8) is 0 Å². The molecule has 3 heterocycles. The van der Waals surface area contributed by atoms with Crippen molar-refractivity contribution in [3.8, 4) is 0 Å². The number of nitrogens with zero attached hydrogens (tertiary/aromatic N) is 1. The standard InChI is InChI=1S/C14H20NO.ClH/c16-14-11-15(8-6-13(14)7-9-15)10-12-4-2-1-3-5-12;/h1-5,13-14,16H,6-11H2;1H/q+1;/p-1. The molecule has 2 bridgehead atoms. The topological polar surface area (TPSA) is 20.2 Å². The number of aliphatic hydroxyl groups is 1. The van der Waals surface area contributed by atoms with Gasteiger partial charge in [0.05, 0.1) is 13.1 Å². The van der Waals surface area contributed by atoms with E-state index >= 15 is 0 Å². The van der Waals surface area contributed by atoms with Crippen molar-refractivity contribution < 1.29 is 22.0 Å². The molecule has 4 rings (SSSR count). The van der Waals surface area contributed by atoms with Crippen LogP contribution >= 0.6 is 0 Å². The molecule has 3 aliphatic heterocycles. The van der Waals surface area contributed by atoms with Gasteiger partial charge >= 0.3 is 0 Å². The number of quaternary nitrogens is 1. The van der Waals surface area contributed by atoms with E-state index in [1.54, 1.807) is 0 Å². The second kappa shape index (κ2) is 4.97. The fourth-order valence-corrected chi connectivity index (χ4v) is 3.44. The van der Waals surface area contributed by atoms with Gasteiger partial charge in [-0.1, -0.05) is 30.3 Å². The number of rotatable bonds is 2. The van der Waals surface area contributed by atoms with E-state index in [4.69, 9.17) is 0 Å². The number of piperidine rings is 3. The fraction of sp³-hybridized carbons (Fsp3) is 0.571. The zero-order valence-corrected chi connectivity index (χ0v) is 10.8. The summed E-state index contributed by atoms with van der Waals surface area (Å²) in [6, 6.07) is 10.7. The Morgan fingerprint density at radius 3 is 2.35 bits per heavy atom. The molecule has 1 atom stereocenters. The molecular weight excluding hydrogens is 234 g/mol. The maximum Gasteiger partial charge on any atom is 0.106 e. The maximum absolute atomic E-state index is 10.0. The van der Waals surface area contributed by atoms with Gasteiger partial charge < -0.3 is 22.0 Å². The van der Waals surface area contributed by atoms with Crippen LogP contribution < -0.4 is 12.4 Å². The Labute approximate surface area is 109 Å². The van der Waals surface area contributed by atoms with Crippen molar-refractivity contribution in [3.05, 3.63) is 35.9 Å². The summed E-state index contributed by atoms with van der Waals surface area (Å²) in [6.45, 7) is 4.59. The molecule has 0 aromatic heterocycles. The van der Waals surface area contributed by atoms with E-state index in [9.17, 15) is 5.11 Å². The van der Waals surface area contributed by atoms with Crippen LogP contribution in [0.5, 0.6) is 0 Å². The lowest BCUT2D eigenvalue weighted by molar-refractivity contribution is -0.958. The second-order valence-corrected chi connectivity index (χ2v) is 5.52. The number of fused-ring (bicyclic) bond motifs is 3. The average Bonchev–Trinajstić information content (AvgIpc) is 2.31. The summed E-state index contributed by atoms with van der Waals surface area (Å²) in [4.78, 5) is 0. The molecular formula is C14H20ClNO. The van der Waals surface area contributed by atoms with Gasteiger partial charge in [0.15, 0.2) is 0 Å². The van der Waals surface area contributed by atoms with Crippen LogP contribution in [0.4, 0.5) is 0 Å². The summed E-state index contributed by atoms with van der Waals surface area (Å²) >= 11 is 0. The summed E-state index contributed by atoms with van der Waals surface area (Å²) in [5, 5.41) is 10.0. The molecule has 1 aromatic carbocycles. The summed E-state index contributed by atoms with van der Waals surface area (Å²) in [7, 11) is 0. The molecule has 1 aromatic rings. The van der Waals surface area contributed by atoms with Crippen LogP contribution in [-0.4, -0.2) is 35.3 Å². The van der Waals surface area contributed by atoms with Crippen molar-refractivity contribution in [1.82, 2.24) is 0 Å². The summed E-state index contributed by atoms with van der Waals surface area (Å²) in [5.74, 6) is 0.593. The van der Waals surface area contributed by atoms with E-state index in [0.717, 1.165) is 17.6 Å². The first-order valence-electron chi connectivity index (χ1n) is 6.35. The molecule has 3 heteroatoms. The van der Waals surface area contributed by atoms with Crippen LogP contribution in [0, 0.1) is 5.92 Å². The lowest BCUT2D eigenvalue weighted by atomic mass is 9.83. The van der Waals surface area contributed by atoms with Crippen molar-refractivity contribution in [2.45, 2.75) is 25.5 Å². The van der Waals surface area contributed by atoms with E-state index in [-0.39, 0.29) is 18.5 Å². The maximum atomic E-state index is 10.0. The predicted molar refractivity (Wildman–Crippen MR) is 63.7 cm³/mol. The van der Waals surface area contributed by atoms with Gasteiger partial charge in [-0.2, -0.15) is 0 Å². The Kier molecular flexibility index (Phi) is 3.76. The van der Waals surface area contributed by atoms with Crippen molar-refractivity contribution in [2.24, 2.45) is 5.92 Å². The smallest absolute Gasteiger partial charge is 0.106 e. The molecule has 3 fully saturated rings. The minimum Gasteiger partial charge on any atom is -1.00 e. The molecule has 1 unspecified atom stereocenters. The number of benzene rings is 1. The Bertz CT molecular complexity index is 360. The molecule has 2 nitrogen and oxygen atoms in total. The van der Waals surface area contributed by atoms with Gasteiger partial charge in [-0.15, -0.1) is 0 Å². The molecule has 0 saturated carbocycles. The predicted octanol–water partition coefficient (Wildman–Crippen LogP) is -1.21. The van der Waals surface area contributed by atoms with Crippen molar-refractivity contribution in [1.29, 1.82) is 0 Å². The van der Waals surface area contributed by atoms with E-state index in [0.29, 0.717) is 5.92 Å². The molecule has 3 saturated heterocycles. The molecule has 1 N–H and O–H groups in total. The van der Waals surface area contributed by atoms with Gasteiger partial charge in [0, 0.05) is 24.3 Å². The summed E-state index contributed by atoms with van der Waals surface area (Å²) < 4.78 is 1.11. The van der Waals surface area contributed by atoms with Crippen LogP contribution in [0.15, 0.2) is 30.3 Å². The first kappa shape index (κ1) is 12.9. The Morgan fingerprint density at radius 1 is 1.12 bits per heavy atom. The zero-order chi connectivity index (χ0) is 11.0. The molecule has 17 heavy (non-hydrogen) atoms. The zero-order valence-electron chi connectivity index (χ0n) is 10.1. The second-order valence-electron chi connectivity index (χ2n) is 5.52. The van der Waals surface area contributed by atoms with Gasteiger partial charge in [-0.05, 0) is 0 Å². The number of hydrogen-bond acceptors (Lipinski definition) is 1. The van der Waals surface area contributed by atoms with Crippen LogP contribution in [0.25, 0.3) is 0 Å². The molecule has 94 valence electrons. The summed E-state index contributed by atoms with van der Waals surface area (Å²) in [6.07, 6.45) is 2.38. The fourth-order valence-electron chi connectivity index (χ4n) is 3.44. The molecule has 0 amide bonds. The molecule has 0 aliphatic carbocycles. The van der Waals surface area contributed by atoms with Crippen LogP contribution in [0.2, 0.25) is 0 Å². The number of halogens is 1. The van der Waals surface area contributed by atoms with E-state index in [1.165, 1.54) is 31.5 Å². The van der Waals surface area contributed by atoms with E-state index in [2.05, 4.69) is 30.3 Å². The lowest BCUT2D eigenvalue weighted by Gasteiger charge is -2.51. The first-order valence-corrected chi connectivity index (χ1v) is 6.35. The van der Waals surface area contributed by atoms with Gasteiger partial charge in [0.25, 0.3) is 0 Å². The van der Waals surface area contributed by atoms with E-state index < -0.39 is 0 Å². The third kappa shape index (κ3) is 2.49. The SMILES string of the molecule is OC1C[N+]2(Cc3ccccc3)CCC1CC2.[Cl-]. The Hall–Kier alpha value is -0.570. The van der Waals surface area contributed by atoms with Gasteiger partial charge in [0.2, 0.25) is 0 Å². The van der Waals surface area contributed by atoms with Crippen molar-refractivity contribution >= 4 is 0 Å². The van der Waals surface area contributed by atoms with Crippen LogP contribution in [-0.2, 0) is 6.54 Å². The Morgan fingerprint density at radius 2 is 1.76 bits per heavy atom. The number of hydrogen-bond donors (Lipinski definition) is 1. The molecule has 3 aliphatic rings. The first-order chi connectivity index (χ1) is 7.77. The quantitative estimate of drug-likeness (QED) is 0.656. The van der Waals surface area contributed by atoms with Gasteiger partial charge in [-0.3, -0.25) is 0 Å². The third-order valence-corrected chi connectivity index (χ3v) is 4.43. The minimum atomic E-state index is -0.0498. The normalized spacial score (nSPS) is 35.4. The molecule has 0 radical (unpaired) electrons. The largest absolute Gasteiger partial charge is 1.00 e. The Balaban J connectivity index is 0.00000108. The molecule has 0 spiro atoms. The highest BCUT2D eigenvalue weighted by molar-refractivity contribution is 5.13. The highest BCUT2D eigenvalue weighted by Gasteiger charge is 2.44. The van der Waals surface area contributed by atoms with Crippen molar-refractivity contribution in [2.75, 3.05) is 19.6 Å². The average molecular weight is 254 g/mol. The summed E-state index contributed by atoms with van der Waals surface area (Å²) in [5.41, 5.74) is 1.41. The van der Waals surface area contributed by atoms with Gasteiger partial charge in [-0.25, -0.2) is 0 Å². The van der Waals surface area contributed by atoms with E-state index in [1.807, 2.05) is 0 Å². The minimum absolute atomic E-state index is 0. The third-order valence-electron chi connectivity index (χ3n) is 4.43. The monoisotopic (exact) mass is 253 g/mol. The highest BCUT2D eigenvalue weighted by atomic mass is 35.5. The lowest BCUT2D eigenvalue weighted by Crippen LogP contribution is -3.00. The van der Waals surface area contributed by atoms with Crippen LogP contribution in [0.1, 0.15) is 18.4 Å². The highest BCUT2D eigenvalue weighted by Crippen LogP contribution is 2.35. The van der Waals surface area contributed by atoms with Crippen LogP contribution in [0.3, 0.4) is 0 Å². The van der Waals surface area contributed by atoms with Gasteiger partial charge in [0.1, 0.15) is 19.2 Å². The number of aliphatic hydroxyl groups excluding tert-OH is 1.